The van der Waals surface area contributed by atoms with Gasteiger partial charge in [-0.2, -0.15) is 0 Å². The number of aliphatic hydroxyl groups is 5. The minimum atomic E-state index is -2.20. The predicted molar refractivity (Wildman–Crippen MR) is 47.3 cm³/mol. The monoisotopic (exact) mass is 222 g/mol. The molecule has 0 radical (unpaired) electrons. The lowest BCUT2D eigenvalue weighted by atomic mass is 10.0. The van der Waals surface area contributed by atoms with Crippen LogP contribution in [-0.2, 0) is 4.79 Å². The maximum Gasteiger partial charge on any atom is 0.335 e. The molecule has 0 aliphatic carbocycles. The summed E-state index contributed by atoms with van der Waals surface area (Å²) < 4.78 is 0. The number of carboxylic acids is 1. The van der Waals surface area contributed by atoms with Gasteiger partial charge in [0.25, 0.3) is 0 Å². The number of carbonyl (C=O) groups is 1. The molecule has 0 spiro atoms. The van der Waals surface area contributed by atoms with E-state index in [-0.39, 0.29) is 23.1 Å². The summed E-state index contributed by atoms with van der Waals surface area (Å²) in [6, 6.07) is 0. The van der Waals surface area contributed by atoms with Crippen LogP contribution in [0.25, 0.3) is 0 Å². The molecule has 0 heterocycles. The molecule has 14 heavy (non-hydrogen) atoms. The van der Waals surface area contributed by atoms with Crippen LogP contribution in [0.4, 0.5) is 0 Å². The van der Waals surface area contributed by atoms with Crippen LogP contribution in [-0.4, -0.2) is 90.7 Å². The van der Waals surface area contributed by atoms with E-state index in [0.29, 0.717) is 0 Å². The maximum absolute atomic E-state index is 10.1. The van der Waals surface area contributed by atoms with E-state index in [1.54, 1.807) is 0 Å². The van der Waals surface area contributed by atoms with Gasteiger partial charge >= 0.3 is 29.0 Å². The molecule has 0 fully saturated rings. The number of hydrogen-bond donors (Lipinski definition) is 6. The highest BCUT2D eigenvalue weighted by atomic mass is 24.3. The third-order valence-electron chi connectivity index (χ3n) is 1.51. The average molecular weight is 222 g/mol. The summed E-state index contributed by atoms with van der Waals surface area (Å²) in [5.74, 6) is -1.73. The SMILES string of the molecule is O=C(O)[C@H](O)[C@@H](O)[C@H](O)[C@H](O)CO.[MgH2]. The van der Waals surface area contributed by atoms with E-state index in [1.165, 1.54) is 0 Å². The molecule has 0 saturated carbocycles. The summed E-state index contributed by atoms with van der Waals surface area (Å²) in [4.78, 5) is 10.1. The van der Waals surface area contributed by atoms with Crippen molar-refractivity contribution in [3.05, 3.63) is 0 Å². The molecule has 7 nitrogen and oxygen atoms in total. The Hall–Kier alpha value is 0.0362. The van der Waals surface area contributed by atoms with Gasteiger partial charge in [0.05, 0.1) is 6.61 Å². The Bertz CT molecular complexity index is 176. The Morgan fingerprint density at radius 1 is 1.07 bits per heavy atom. The first kappa shape index (κ1) is 16.5. The van der Waals surface area contributed by atoms with Crippen molar-refractivity contribution in [3.8, 4) is 0 Å². The highest BCUT2D eigenvalue weighted by Crippen LogP contribution is 2.04. The van der Waals surface area contributed by atoms with E-state index in [4.69, 9.17) is 30.6 Å². The largest absolute Gasteiger partial charge is 0.479 e. The summed E-state index contributed by atoms with van der Waals surface area (Å²) in [5, 5.41) is 51.8. The third-order valence-corrected chi connectivity index (χ3v) is 1.51. The first-order chi connectivity index (χ1) is 5.91. The zero-order valence-electron chi connectivity index (χ0n) is 6.61. The van der Waals surface area contributed by atoms with Crippen molar-refractivity contribution in [2.75, 3.05) is 6.61 Å². The molecule has 0 aromatic carbocycles. The van der Waals surface area contributed by atoms with Gasteiger partial charge < -0.3 is 30.6 Å². The number of aliphatic hydroxyl groups excluding tert-OH is 5. The first-order valence-electron chi connectivity index (χ1n) is 3.47. The van der Waals surface area contributed by atoms with E-state index < -0.39 is 37.0 Å². The van der Waals surface area contributed by atoms with Gasteiger partial charge in [-0.25, -0.2) is 4.79 Å². The summed E-state index contributed by atoms with van der Waals surface area (Å²) in [6.07, 6.45) is -7.84. The molecule has 0 aromatic heterocycles. The van der Waals surface area contributed by atoms with Crippen molar-refractivity contribution in [2.24, 2.45) is 0 Å². The zero-order chi connectivity index (χ0) is 10.6. The fourth-order valence-corrected chi connectivity index (χ4v) is 0.668. The fraction of sp³-hybridized carbons (Fsp3) is 0.833. The van der Waals surface area contributed by atoms with Crippen molar-refractivity contribution in [1.29, 1.82) is 0 Å². The van der Waals surface area contributed by atoms with E-state index in [2.05, 4.69) is 0 Å². The molecule has 0 aliphatic heterocycles. The molecule has 0 aromatic rings. The smallest absolute Gasteiger partial charge is 0.335 e. The molecule has 0 unspecified atom stereocenters. The molecule has 82 valence electrons. The van der Waals surface area contributed by atoms with Crippen LogP contribution < -0.4 is 0 Å². The molecule has 0 aliphatic rings. The van der Waals surface area contributed by atoms with Gasteiger partial charge in [0, 0.05) is 0 Å². The van der Waals surface area contributed by atoms with Crippen LogP contribution in [0.3, 0.4) is 0 Å². The summed E-state index contributed by atoms with van der Waals surface area (Å²) >= 11 is 0. The molecule has 0 saturated heterocycles. The van der Waals surface area contributed by atoms with Crippen LogP contribution in [0.15, 0.2) is 0 Å². The molecular formula is C6H14MgO7. The van der Waals surface area contributed by atoms with Crippen molar-refractivity contribution in [3.63, 3.8) is 0 Å². The van der Waals surface area contributed by atoms with E-state index in [0.717, 1.165) is 0 Å². The third kappa shape index (κ3) is 4.51. The Labute approximate surface area is 95.8 Å². The zero-order valence-corrected chi connectivity index (χ0v) is 6.61. The molecule has 4 atom stereocenters. The number of aliphatic carboxylic acids is 1. The van der Waals surface area contributed by atoms with Crippen LogP contribution in [0.2, 0.25) is 0 Å². The second-order valence-electron chi connectivity index (χ2n) is 2.51. The summed E-state index contributed by atoms with van der Waals surface area (Å²) in [6.45, 7) is -0.843. The van der Waals surface area contributed by atoms with Crippen LogP contribution >= 0.6 is 0 Å². The minimum Gasteiger partial charge on any atom is -0.479 e. The lowest BCUT2D eigenvalue weighted by Crippen LogP contribution is -2.48. The predicted octanol–water partition coefficient (Wildman–Crippen LogP) is -4.41. The highest BCUT2D eigenvalue weighted by Gasteiger charge is 2.33. The van der Waals surface area contributed by atoms with E-state index >= 15 is 0 Å². The number of hydrogen-bond acceptors (Lipinski definition) is 6. The summed E-state index contributed by atoms with van der Waals surface area (Å²) in [5.41, 5.74) is 0. The second-order valence-corrected chi connectivity index (χ2v) is 2.51. The maximum atomic E-state index is 10.1. The van der Waals surface area contributed by atoms with Crippen molar-refractivity contribution in [2.45, 2.75) is 24.4 Å². The fourth-order valence-electron chi connectivity index (χ4n) is 0.668. The Balaban J connectivity index is 0. The topological polar surface area (TPSA) is 138 Å². The van der Waals surface area contributed by atoms with Crippen LogP contribution in [0, 0.1) is 0 Å². The van der Waals surface area contributed by atoms with Crippen molar-refractivity contribution >= 4 is 29.0 Å². The Morgan fingerprint density at radius 2 is 1.50 bits per heavy atom. The van der Waals surface area contributed by atoms with Gasteiger partial charge in [-0.1, -0.05) is 0 Å². The Kier molecular flexibility index (Phi) is 8.64. The van der Waals surface area contributed by atoms with Gasteiger partial charge in [0.15, 0.2) is 6.10 Å². The quantitative estimate of drug-likeness (QED) is 0.258. The number of rotatable bonds is 5. The second kappa shape index (κ2) is 7.34. The van der Waals surface area contributed by atoms with Gasteiger partial charge in [0.1, 0.15) is 18.3 Å². The molecule has 0 amide bonds. The summed E-state index contributed by atoms with van der Waals surface area (Å²) in [7, 11) is 0. The number of carboxylic acid groups (broad SMARTS) is 1. The highest BCUT2D eigenvalue weighted by molar-refractivity contribution is 5.75. The molecule has 0 bridgehead atoms. The lowest BCUT2D eigenvalue weighted by Gasteiger charge is -2.23. The molecule has 6 N–H and O–H groups in total. The normalized spacial score (nSPS) is 18.9. The van der Waals surface area contributed by atoms with Crippen LogP contribution in [0.5, 0.6) is 0 Å². The average Bonchev–Trinajstić information content (AvgIpc) is 2.12. The van der Waals surface area contributed by atoms with Crippen molar-refractivity contribution < 1.29 is 35.4 Å². The minimum absolute atomic E-state index is 0. The lowest BCUT2D eigenvalue weighted by molar-refractivity contribution is -0.164. The molecular weight excluding hydrogens is 208 g/mol. The van der Waals surface area contributed by atoms with Gasteiger partial charge in [0.2, 0.25) is 0 Å². The van der Waals surface area contributed by atoms with E-state index in [1.807, 2.05) is 0 Å². The van der Waals surface area contributed by atoms with Crippen molar-refractivity contribution in [1.82, 2.24) is 0 Å². The standard InChI is InChI=1S/C6H12O7.Mg.2H/c7-1-2(8)3(9)4(10)5(11)6(12)13;;;/h2-5,7-11H,1H2,(H,12,13);;;/t2-,3-,4+,5-;;;/m1.../s1. The van der Waals surface area contributed by atoms with Crippen LogP contribution in [0.1, 0.15) is 0 Å². The van der Waals surface area contributed by atoms with Gasteiger partial charge in [-0.05, 0) is 0 Å². The molecule has 8 heteroatoms. The molecule has 0 rings (SSSR count). The van der Waals surface area contributed by atoms with E-state index in [9.17, 15) is 4.79 Å². The van der Waals surface area contributed by atoms with Gasteiger partial charge in [-0.3, -0.25) is 0 Å². The first-order valence-corrected chi connectivity index (χ1v) is 3.47. The Morgan fingerprint density at radius 3 is 1.79 bits per heavy atom. The van der Waals surface area contributed by atoms with Gasteiger partial charge in [-0.15, -0.1) is 0 Å².